The predicted octanol–water partition coefficient (Wildman–Crippen LogP) is 1.88. The molecule has 2 heterocycles. The summed E-state index contributed by atoms with van der Waals surface area (Å²) in [5.74, 6) is -2.15. The molecule has 23 heavy (non-hydrogen) atoms. The summed E-state index contributed by atoms with van der Waals surface area (Å²) in [4.78, 5) is 25.1. The number of fused-ring (bicyclic) bond motifs is 1. The van der Waals surface area contributed by atoms with Crippen molar-refractivity contribution in [2.45, 2.75) is 33.1 Å². The van der Waals surface area contributed by atoms with E-state index in [0.717, 1.165) is 4.90 Å². The molecule has 3 rings (SSSR count). The number of ether oxygens (including phenoxy) is 1. The molecule has 0 aliphatic carbocycles. The molecule has 2 aliphatic heterocycles. The second kappa shape index (κ2) is 5.09. The van der Waals surface area contributed by atoms with Gasteiger partial charge in [-0.2, -0.15) is 0 Å². The number of carbonyl (C=O) groups excluding carboxylic acids is 1. The number of nitrogens with zero attached hydrogens (tertiary/aromatic N) is 1. The molecule has 1 aromatic rings. The van der Waals surface area contributed by atoms with Crippen molar-refractivity contribution < 1.29 is 24.5 Å². The molecule has 6 nitrogen and oxygen atoms in total. The SMILES string of the molecule is CC(C)(C)C1=C(C(=O)O)N2C(=O)[C@H]([C@H](O)c3ccccc3)[C@@H]2O1. The highest BCUT2D eigenvalue weighted by atomic mass is 16.5. The largest absolute Gasteiger partial charge is 0.476 e. The minimum atomic E-state index is -1.20. The number of allylic oxidation sites excluding steroid dienone is 1. The number of β-lactam (4-membered cyclic amide) rings is 1. The Balaban J connectivity index is 1.91. The number of amides is 1. The van der Waals surface area contributed by atoms with Crippen LogP contribution in [-0.2, 0) is 14.3 Å². The van der Waals surface area contributed by atoms with Crippen molar-refractivity contribution in [1.82, 2.24) is 4.90 Å². The molecule has 0 unspecified atom stereocenters. The van der Waals surface area contributed by atoms with E-state index in [1.165, 1.54) is 0 Å². The minimum absolute atomic E-state index is 0.121. The normalized spacial score (nSPS) is 24.9. The Morgan fingerprint density at radius 1 is 1.26 bits per heavy atom. The lowest BCUT2D eigenvalue weighted by molar-refractivity contribution is -0.185. The Labute approximate surface area is 134 Å². The van der Waals surface area contributed by atoms with Gasteiger partial charge in [0.15, 0.2) is 11.9 Å². The van der Waals surface area contributed by atoms with Gasteiger partial charge >= 0.3 is 5.97 Å². The van der Waals surface area contributed by atoms with Crippen molar-refractivity contribution in [3.05, 3.63) is 47.4 Å². The zero-order valence-corrected chi connectivity index (χ0v) is 13.2. The van der Waals surface area contributed by atoms with Crippen LogP contribution < -0.4 is 0 Å². The van der Waals surface area contributed by atoms with Crippen molar-refractivity contribution in [2.75, 3.05) is 0 Å². The maximum absolute atomic E-state index is 12.4. The van der Waals surface area contributed by atoms with Crippen LogP contribution in [0.5, 0.6) is 0 Å². The van der Waals surface area contributed by atoms with Crippen LogP contribution in [0, 0.1) is 11.3 Å². The maximum Gasteiger partial charge on any atom is 0.356 e. The monoisotopic (exact) mass is 317 g/mol. The molecule has 3 atom stereocenters. The Morgan fingerprint density at radius 3 is 2.39 bits per heavy atom. The Hall–Kier alpha value is -2.34. The van der Waals surface area contributed by atoms with Crippen LogP contribution in [0.15, 0.2) is 41.8 Å². The molecular weight excluding hydrogens is 298 g/mol. The Morgan fingerprint density at radius 2 is 1.87 bits per heavy atom. The molecule has 1 fully saturated rings. The van der Waals surface area contributed by atoms with Crippen LogP contribution in [0.1, 0.15) is 32.4 Å². The fourth-order valence-electron chi connectivity index (χ4n) is 3.02. The van der Waals surface area contributed by atoms with Gasteiger partial charge < -0.3 is 14.9 Å². The number of carboxylic acids is 1. The van der Waals surface area contributed by atoms with E-state index in [0.29, 0.717) is 5.56 Å². The van der Waals surface area contributed by atoms with Gasteiger partial charge in [-0.1, -0.05) is 51.1 Å². The number of aliphatic carboxylic acids is 1. The quantitative estimate of drug-likeness (QED) is 0.831. The van der Waals surface area contributed by atoms with Crippen molar-refractivity contribution in [3.63, 3.8) is 0 Å². The molecule has 6 heteroatoms. The zero-order chi connectivity index (χ0) is 16.9. The van der Waals surface area contributed by atoms with Crippen LogP contribution >= 0.6 is 0 Å². The predicted molar refractivity (Wildman–Crippen MR) is 80.7 cm³/mol. The molecular formula is C17H19NO5. The van der Waals surface area contributed by atoms with E-state index in [-0.39, 0.29) is 11.5 Å². The van der Waals surface area contributed by atoms with Crippen molar-refractivity contribution >= 4 is 11.9 Å². The first-order chi connectivity index (χ1) is 10.7. The molecule has 0 bridgehead atoms. The number of hydrogen-bond acceptors (Lipinski definition) is 4. The van der Waals surface area contributed by atoms with E-state index in [2.05, 4.69) is 0 Å². The van der Waals surface area contributed by atoms with Gasteiger partial charge in [0.05, 0.1) is 6.10 Å². The summed E-state index contributed by atoms with van der Waals surface area (Å²) in [5.41, 5.74) is -0.0627. The molecule has 1 amide bonds. The molecule has 0 saturated carbocycles. The summed E-state index contributed by atoms with van der Waals surface area (Å²) < 4.78 is 5.77. The van der Waals surface area contributed by atoms with Crippen molar-refractivity contribution in [2.24, 2.45) is 11.3 Å². The summed E-state index contributed by atoms with van der Waals surface area (Å²) >= 11 is 0. The molecule has 2 aliphatic rings. The van der Waals surface area contributed by atoms with Gasteiger partial charge in [0.2, 0.25) is 5.91 Å². The first kappa shape index (κ1) is 15.6. The third-order valence-electron chi connectivity index (χ3n) is 4.14. The summed E-state index contributed by atoms with van der Waals surface area (Å²) in [7, 11) is 0. The number of hydrogen-bond donors (Lipinski definition) is 2. The molecule has 122 valence electrons. The minimum Gasteiger partial charge on any atom is -0.476 e. The van der Waals surface area contributed by atoms with Crippen molar-refractivity contribution in [1.29, 1.82) is 0 Å². The highest BCUT2D eigenvalue weighted by Crippen LogP contribution is 2.49. The Kier molecular flexibility index (Phi) is 3.44. The second-order valence-electron chi connectivity index (χ2n) is 6.83. The number of aliphatic hydroxyl groups excluding tert-OH is 1. The number of carboxylic acid groups (broad SMARTS) is 1. The number of benzene rings is 1. The van der Waals surface area contributed by atoms with E-state index in [1.807, 2.05) is 26.8 Å². The molecule has 0 radical (unpaired) electrons. The summed E-state index contributed by atoms with van der Waals surface area (Å²) in [6, 6.07) is 8.82. The van der Waals surface area contributed by atoms with Gasteiger partial charge in [-0.25, -0.2) is 4.79 Å². The van der Waals surface area contributed by atoms with Gasteiger partial charge in [0, 0.05) is 5.41 Å². The molecule has 1 aromatic carbocycles. The molecule has 0 aromatic heterocycles. The standard InChI is InChI=1S/C17H19NO5/c1-17(2,3)13-11(16(21)22)18-14(20)10(15(18)23-13)12(19)9-7-5-4-6-8-9/h4-8,10,12,15,19H,1-3H3,(H,21,22)/t10-,12+,15-/m0/s1. The third-order valence-corrected chi connectivity index (χ3v) is 4.14. The van der Waals surface area contributed by atoms with Gasteiger partial charge in [-0.15, -0.1) is 0 Å². The fourth-order valence-corrected chi connectivity index (χ4v) is 3.02. The number of rotatable bonds is 3. The van der Waals surface area contributed by atoms with Gasteiger partial charge in [0.25, 0.3) is 0 Å². The first-order valence-electron chi connectivity index (χ1n) is 7.44. The zero-order valence-electron chi connectivity index (χ0n) is 13.2. The number of aliphatic hydroxyl groups is 1. The fraction of sp³-hybridized carbons (Fsp3) is 0.412. The summed E-state index contributed by atoms with van der Waals surface area (Å²) in [5, 5.41) is 19.9. The van der Waals surface area contributed by atoms with E-state index in [4.69, 9.17) is 4.74 Å². The Bertz CT molecular complexity index is 689. The first-order valence-corrected chi connectivity index (χ1v) is 7.44. The topological polar surface area (TPSA) is 87.1 Å². The summed E-state index contributed by atoms with van der Waals surface area (Å²) in [6.45, 7) is 5.47. The second-order valence-corrected chi connectivity index (χ2v) is 6.83. The smallest absolute Gasteiger partial charge is 0.356 e. The van der Waals surface area contributed by atoms with Crippen LogP contribution in [0.4, 0.5) is 0 Å². The highest BCUT2D eigenvalue weighted by Gasteiger charge is 2.61. The van der Waals surface area contributed by atoms with E-state index >= 15 is 0 Å². The van der Waals surface area contributed by atoms with E-state index < -0.39 is 35.5 Å². The van der Waals surface area contributed by atoms with Gasteiger partial charge in [-0.05, 0) is 5.56 Å². The van der Waals surface area contributed by atoms with E-state index in [1.54, 1.807) is 24.3 Å². The van der Waals surface area contributed by atoms with Crippen LogP contribution in [0.2, 0.25) is 0 Å². The average Bonchev–Trinajstić information content (AvgIpc) is 2.84. The highest BCUT2D eigenvalue weighted by molar-refractivity contribution is 5.98. The molecule has 1 saturated heterocycles. The molecule has 2 N–H and O–H groups in total. The average molecular weight is 317 g/mol. The lowest BCUT2D eigenvalue weighted by Gasteiger charge is -2.43. The van der Waals surface area contributed by atoms with Gasteiger partial charge in [-0.3, -0.25) is 9.69 Å². The lowest BCUT2D eigenvalue weighted by Crippen LogP contribution is -2.61. The van der Waals surface area contributed by atoms with Crippen LogP contribution in [0.3, 0.4) is 0 Å². The van der Waals surface area contributed by atoms with Crippen molar-refractivity contribution in [3.8, 4) is 0 Å². The number of carbonyl (C=O) groups is 2. The van der Waals surface area contributed by atoms with Gasteiger partial charge in [0.1, 0.15) is 11.7 Å². The maximum atomic E-state index is 12.4. The van der Waals surface area contributed by atoms with Crippen LogP contribution in [0.25, 0.3) is 0 Å². The lowest BCUT2D eigenvalue weighted by atomic mass is 9.86. The molecule has 0 spiro atoms. The summed E-state index contributed by atoms with van der Waals surface area (Å²) in [6.07, 6.45) is -1.79. The van der Waals surface area contributed by atoms with E-state index in [9.17, 15) is 19.8 Å². The third kappa shape index (κ3) is 2.30. The van der Waals surface area contributed by atoms with Crippen LogP contribution in [-0.4, -0.2) is 33.2 Å².